The summed E-state index contributed by atoms with van der Waals surface area (Å²) in [5.41, 5.74) is 0.971. The molecule has 3 heterocycles. The van der Waals surface area contributed by atoms with Crippen LogP contribution in [0.3, 0.4) is 0 Å². The molecule has 1 saturated heterocycles. The Labute approximate surface area is 291 Å². The number of carbonyl (C=O) groups is 5. The zero-order chi connectivity index (χ0) is 36.1. The molecule has 0 bridgehead atoms. The number of amides is 5. The van der Waals surface area contributed by atoms with Gasteiger partial charge in [-0.1, -0.05) is 11.8 Å². The largest absolute Gasteiger partial charge is 0.416 e. The molecule has 0 radical (unpaired) electrons. The van der Waals surface area contributed by atoms with E-state index in [0.717, 1.165) is 36.3 Å². The fourth-order valence-corrected chi connectivity index (χ4v) is 7.00. The summed E-state index contributed by atoms with van der Waals surface area (Å²) in [6, 6.07) is 7.42. The van der Waals surface area contributed by atoms with Crippen LogP contribution in [0.25, 0.3) is 0 Å². The normalized spacial score (nSPS) is 19.5. The zero-order valence-electron chi connectivity index (χ0n) is 27.8. The minimum atomic E-state index is -4.46. The van der Waals surface area contributed by atoms with Crippen LogP contribution >= 0.6 is 0 Å². The lowest BCUT2D eigenvalue weighted by atomic mass is 9.76. The molecule has 14 heteroatoms. The number of carbonyl (C=O) groups excluding carboxylic acids is 5. The Morgan fingerprint density at radius 3 is 2.49 bits per heavy atom. The Hall–Kier alpha value is -5.45. The average molecular weight is 701 g/mol. The molecule has 3 fully saturated rings. The van der Waals surface area contributed by atoms with Crippen molar-refractivity contribution in [1.29, 1.82) is 0 Å². The molecule has 264 valence electrons. The number of anilines is 2. The number of fused-ring (bicyclic) bond motifs is 1. The number of rotatable bonds is 9. The van der Waals surface area contributed by atoms with Crippen molar-refractivity contribution in [2.45, 2.75) is 82.0 Å². The molecule has 51 heavy (non-hydrogen) atoms. The van der Waals surface area contributed by atoms with Gasteiger partial charge < -0.3 is 10.2 Å². The third-order valence-electron chi connectivity index (χ3n) is 10.2. The molecule has 5 amide bonds. The first-order valence-corrected chi connectivity index (χ1v) is 17.1. The molecule has 1 atom stereocenters. The first-order valence-electron chi connectivity index (χ1n) is 17.1. The predicted molar refractivity (Wildman–Crippen MR) is 179 cm³/mol. The number of nitrogens with one attached hydrogen (secondary N) is 2. The summed E-state index contributed by atoms with van der Waals surface area (Å²) in [5.74, 6) is 3.70. The van der Waals surface area contributed by atoms with Crippen LogP contribution < -0.4 is 15.5 Å². The van der Waals surface area contributed by atoms with E-state index in [1.807, 2.05) is 11.8 Å². The molecule has 1 aromatic heterocycles. The summed E-state index contributed by atoms with van der Waals surface area (Å²) in [6.45, 7) is 3.06. The van der Waals surface area contributed by atoms with Gasteiger partial charge in [0.15, 0.2) is 0 Å². The standard InChI is InChI=1S/C37H35F3N6O5/c1-2-44(25-10-11-26-28(19-25)34(50)46(33(26)49)30-13-14-31(47)43-32(30)48)17-4-3-6-22-20-41-45(21-22)36(15-5-16-36)35(51)42-29-12-9-24(37(38,39)40)18-27(29)23-7-8-23/h9-12,18-21,23,30H,2,4-5,7-8,13-17H2,1H3,(H,42,51)(H,43,47,48). The highest BCUT2D eigenvalue weighted by Gasteiger charge is 2.48. The van der Waals surface area contributed by atoms with Gasteiger partial charge in [0, 0.05) is 43.5 Å². The first kappa shape index (κ1) is 34.0. The van der Waals surface area contributed by atoms with Crippen LogP contribution in [-0.2, 0) is 26.1 Å². The van der Waals surface area contributed by atoms with E-state index in [9.17, 15) is 37.1 Å². The summed E-state index contributed by atoms with van der Waals surface area (Å²) < 4.78 is 41.7. The molecule has 3 aromatic rings. The van der Waals surface area contributed by atoms with Crippen molar-refractivity contribution >= 4 is 40.9 Å². The van der Waals surface area contributed by atoms with E-state index in [0.29, 0.717) is 54.9 Å². The Kier molecular flexibility index (Phi) is 8.69. The molecule has 4 aliphatic rings. The minimum Gasteiger partial charge on any atom is -0.371 e. The summed E-state index contributed by atoms with van der Waals surface area (Å²) >= 11 is 0. The predicted octanol–water partition coefficient (Wildman–Crippen LogP) is 4.97. The fourth-order valence-electron chi connectivity index (χ4n) is 7.00. The number of aromatic nitrogens is 2. The molecular formula is C37H35F3N6O5. The first-order chi connectivity index (χ1) is 24.4. The van der Waals surface area contributed by atoms with Gasteiger partial charge in [-0.25, -0.2) is 0 Å². The van der Waals surface area contributed by atoms with Crippen LogP contribution in [0.2, 0.25) is 0 Å². The van der Waals surface area contributed by atoms with Gasteiger partial charge in [-0.2, -0.15) is 18.3 Å². The van der Waals surface area contributed by atoms with E-state index in [1.54, 1.807) is 35.3 Å². The van der Waals surface area contributed by atoms with Gasteiger partial charge in [-0.15, -0.1) is 0 Å². The highest BCUT2D eigenvalue weighted by molar-refractivity contribution is 6.23. The molecule has 2 saturated carbocycles. The van der Waals surface area contributed by atoms with Crippen molar-refractivity contribution in [3.05, 3.63) is 76.6 Å². The Bertz CT molecular complexity index is 2020. The van der Waals surface area contributed by atoms with E-state index in [2.05, 4.69) is 27.6 Å². The van der Waals surface area contributed by atoms with Gasteiger partial charge in [-0.05, 0) is 93.3 Å². The Morgan fingerprint density at radius 2 is 1.82 bits per heavy atom. The maximum Gasteiger partial charge on any atom is 0.416 e. The second-order valence-electron chi connectivity index (χ2n) is 13.4. The lowest BCUT2D eigenvalue weighted by Crippen LogP contribution is -2.54. The number of imide groups is 2. The molecule has 11 nitrogen and oxygen atoms in total. The minimum absolute atomic E-state index is 0.0000969. The van der Waals surface area contributed by atoms with Crippen LogP contribution in [0.15, 0.2) is 48.8 Å². The zero-order valence-corrected chi connectivity index (χ0v) is 27.8. The topological polar surface area (TPSA) is 134 Å². The van der Waals surface area contributed by atoms with E-state index in [-0.39, 0.29) is 35.8 Å². The number of halogens is 3. The monoisotopic (exact) mass is 700 g/mol. The highest BCUT2D eigenvalue weighted by atomic mass is 19.4. The number of hydrogen-bond donors (Lipinski definition) is 2. The molecule has 1 unspecified atom stereocenters. The van der Waals surface area contributed by atoms with Gasteiger partial charge in [0.1, 0.15) is 11.6 Å². The Morgan fingerprint density at radius 1 is 1.06 bits per heavy atom. The van der Waals surface area contributed by atoms with Gasteiger partial charge in [0.25, 0.3) is 17.7 Å². The Balaban J connectivity index is 0.998. The van der Waals surface area contributed by atoms with Crippen molar-refractivity contribution in [3.8, 4) is 11.8 Å². The van der Waals surface area contributed by atoms with E-state index in [1.165, 1.54) is 6.07 Å². The second-order valence-corrected chi connectivity index (χ2v) is 13.4. The number of nitrogens with zero attached hydrogens (tertiary/aromatic N) is 4. The van der Waals surface area contributed by atoms with E-state index >= 15 is 0 Å². The third-order valence-corrected chi connectivity index (χ3v) is 10.2. The van der Waals surface area contributed by atoms with Crippen molar-refractivity contribution in [2.75, 3.05) is 23.3 Å². The SMILES string of the molecule is CCN(CCC#Cc1cnn(C2(C(=O)Nc3ccc(C(F)(F)F)cc3C3CC3)CCC2)c1)c1ccc2c(c1)C(=O)N(C1CCC(=O)NC1=O)C2=O. The van der Waals surface area contributed by atoms with Gasteiger partial charge in [-0.3, -0.25) is 38.9 Å². The summed E-state index contributed by atoms with van der Waals surface area (Å²) in [5, 5.41) is 9.56. The molecule has 2 N–H and O–H groups in total. The van der Waals surface area contributed by atoms with Crippen LogP contribution in [0.1, 0.15) is 102 Å². The number of piperidine rings is 1. The smallest absolute Gasteiger partial charge is 0.371 e. The van der Waals surface area contributed by atoms with E-state index < -0.39 is 46.9 Å². The number of hydrogen-bond acceptors (Lipinski definition) is 7. The summed E-state index contributed by atoms with van der Waals surface area (Å²) in [7, 11) is 0. The lowest BCUT2D eigenvalue weighted by Gasteiger charge is -2.40. The summed E-state index contributed by atoms with van der Waals surface area (Å²) in [4.78, 5) is 66.9. The maximum absolute atomic E-state index is 13.6. The molecule has 2 aromatic carbocycles. The fraction of sp³-hybridized carbons (Fsp3) is 0.405. The summed E-state index contributed by atoms with van der Waals surface area (Å²) in [6.07, 6.45) is 2.88. The average Bonchev–Trinajstić information content (AvgIpc) is 3.76. The number of alkyl halides is 3. The van der Waals surface area contributed by atoms with Crippen LogP contribution in [0.4, 0.5) is 24.5 Å². The molecule has 0 spiro atoms. The third kappa shape index (κ3) is 6.37. The molecule has 2 aliphatic heterocycles. The quantitative estimate of drug-likeness (QED) is 0.238. The molecule has 7 rings (SSSR count). The van der Waals surface area contributed by atoms with Gasteiger partial charge in [0.2, 0.25) is 11.8 Å². The molecular weight excluding hydrogens is 665 g/mol. The van der Waals surface area contributed by atoms with Crippen LogP contribution in [-0.4, -0.2) is 63.3 Å². The highest BCUT2D eigenvalue weighted by Crippen LogP contribution is 2.46. The van der Waals surface area contributed by atoms with Crippen molar-refractivity contribution in [3.63, 3.8) is 0 Å². The van der Waals surface area contributed by atoms with E-state index in [4.69, 9.17) is 0 Å². The maximum atomic E-state index is 13.6. The van der Waals surface area contributed by atoms with Gasteiger partial charge in [0.05, 0.1) is 28.5 Å². The van der Waals surface area contributed by atoms with Crippen LogP contribution in [0.5, 0.6) is 0 Å². The lowest BCUT2D eigenvalue weighted by molar-refractivity contribution is -0.138. The van der Waals surface area contributed by atoms with Gasteiger partial charge >= 0.3 is 6.18 Å². The second kappa shape index (κ2) is 13.0. The van der Waals surface area contributed by atoms with Crippen molar-refractivity contribution in [2.24, 2.45) is 0 Å². The number of benzene rings is 2. The molecule has 2 aliphatic carbocycles. The van der Waals surface area contributed by atoms with Crippen LogP contribution in [0, 0.1) is 11.8 Å². The van der Waals surface area contributed by atoms with Crippen molar-refractivity contribution in [1.82, 2.24) is 20.0 Å². The van der Waals surface area contributed by atoms with Crippen molar-refractivity contribution < 1.29 is 37.1 Å².